The first-order valence-electron chi connectivity index (χ1n) is 7.05. The molecule has 0 fully saturated rings. The Kier molecular flexibility index (Phi) is 6.57. The van der Waals surface area contributed by atoms with Crippen LogP contribution in [0, 0.1) is 5.92 Å². The minimum Gasteiger partial charge on any atom is -0.493 e. The lowest BCUT2D eigenvalue weighted by Gasteiger charge is -2.16. The van der Waals surface area contributed by atoms with E-state index in [0.29, 0.717) is 23.8 Å². The van der Waals surface area contributed by atoms with Crippen molar-refractivity contribution < 1.29 is 9.53 Å². The summed E-state index contributed by atoms with van der Waals surface area (Å²) in [5.41, 5.74) is 0.661. The third-order valence-corrected chi connectivity index (χ3v) is 3.02. The molecule has 0 amide bonds. The number of ketones is 1. The molecular formula is C16H25NO2. The molecular weight excluding hydrogens is 238 g/mol. The van der Waals surface area contributed by atoms with Crippen molar-refractivity contribution in [2.45, 2.75) is 40.2 Å². The lowest BCUT2D eigenvalue weighted by atomic mass is 10.0. The highest BCUT2D eigenvalue weighted by molar-refractivity contribution is 6.02. The van der Waals surface area contributed by atoms with Gasteiger partial charge in [-0.2, -0.15) is 0 Å². The van der Waals surface area contributed by atoms with Crippen molar-refractivity contribution in [1.29, 1.82) is 0 Å². The summed E-state index contributed by atoms with van der Waals surface area (Å²) >= 11 is 0. The van der Waals surface area contributed by atoms with Gasteiger partial charge in [0.25, 0.3) is 0 Å². The van der Waals surface area contributed by atoms with Gasteiger partial charge in [-0.3, -0.25) is 4.79 Å². The molecule has 0 saturated heterocycles. The van der Waals surface area contributed by atoms with Crippen LogP contribution in [-0.4, -0.2) is 25.0 Å². The van der Waals surface area contributed by atoms with Crippen LogP contribution in [-0.2, 0) is 0 Å². The predicted octanol–water partition coefficient (Wildman–Crippen LogP) is 3.29. The molecule has 3 nitrogen and oxygen atoms in total. The number of ether oxygens (including phenoxy) is 1. The predicted molar refractivity (Wildman–Crippen MR) is 78.9 cm³/mol. The Morgan fingerprint density at radius 1 is 1.26 bits per heavy atom. The lowest BCUT2D eigenvalue weighted by Crippen LogP contribution is -2.35. The summed E-state index contributed by atoms with van der Waals surface area (Å²) in [4.78, 5) is 12.4. The van der Waals surface area contributed by atoms with E-state index in [2.05, 4.69) is 19.2 Å². The van der Waals surface area contributed by atoms with Crippen molar-refractivity contribution in [2.24, 2.45) is 5.92 Å². The van der Waals surface area contributed by atoms with Crippen molar-refractivity contribution in [3.8, 4) is 5.75 Å². The molecule has 1 aromatic carbocycles. The number of carbonyl (C=O) groups excluding carboxylic acids is 1. The smallest absolute Gasteiger partial charge is 0.183 e. The van der Waals surface area contributed by atoms with E-state index in [1.807, 2.05) is 38.1 Å². The van der Waals surface area contributed by atoms with Crippen molar-refractivity contribution in [2.75, 3.05) is 13.2 Å². The van der Waals surface area contributed by atoms with Gasteiger partial charge in [-0.15, -0.1) is 0 Å². The van der Waals surface area contributed by atoms with Crippen LogP contribution < -0.4 is 10.1 Å². The zero-order valence-electron chi connectivity index (χ0n) is 12.4. The summed E-state index contributed by atoms with van der Waals surface area (Å²) in [6.07, 6.45) is 1.07. The van der Waals surface area contributed by atoms with Crippen LogP contribution in [0.3, 0.4) is 0 Å². The van der Waals surface area contributed by atoms with Crippen molar-refractivity contribution in [3.63, 3.8) is 0 Å². The molecule has 0 aliphatic rings. The van der Waals surface area contributed by atoms with Crippen LogP contribution in [0.25, 0.3) is 0 Å². The molecule has 0 aliphatic heterocycles. The summed E-state index contributed by atoms with van der Waals surface area (Å²) in [6.45, 7) is 9.62. The quantitative estimate of drug-likeness (QED) is 0.731. The minimum atomic E-state index is -0.180. The molecule has 1 unspecified atom stereocenters. The van der Waals surface area contributed by atoms with Gasteiger partial charge < -0.3 is 10.1 Å². The number of carbonyl (C=O) groups is 1. The molecule has 0 aromatic heterocycles. The van der Waals surface area contributed by atoms with E-state index in [0.717, 1.165) is 13.0 Å². The summed E-state index contributed by atoms with van der Waals surface area (Å²) < 4.78 is 5.50. The second kappa shape index (κ2) is 7.95. The number of hydrogen-bond donors (Lipinski definition) is 1. The van der Waals surface area contributed by atoms with E-state index in [9.17, 15) is 4.79 Å². The molecule has 1 atom stereocenters. The van der Waals surface area contributed by atoms with Gasteiger partial charge in [-0.25, -0.2) is 0 Å². The highest BCUT2D eigenvalue weighted by atomic mass is 16.5. The third kappa shape index (κ3) is 5.03. The Bertz CT molecular complexity index is 401. The van der Waals surface area contributed by atoms with Gasteiger partial charge in [-0.05, 0) is 44.9 Å². The SMILES string of the molecule is CCOc1ccccc1C(=O)C(C)NCCC(C)C. The monoisotopic (exact) mass is 263 g/mol. The summed E-state index contributed by atoms with van der Waals surface area (Å²) in [5.74, 6) is 1.41. The van der Waals surface area contributed by atoms with Gasteiger partial charge in [0.05, 0.1) is 18.2 Å². The second-order valence-electron chi connectivity index (χ2n) is 5.15. The Hall–Kier alpha value is -1.35. The fourth-order valence-corrected chi connectivity index (χ4v) is 1.87. The van der Waals surface area contributed by atoms with E-state index in [1.165, 1.54) is 0 Å². The van der Waals surface area contributed by atoms with Gasteiger partial charge in [0.15, 0.2) is 5.78 Å². The molecule has 0 bridgehead atoms. The van der Waals surface area contributed by atoms with Crippen LogP contribution >= 0.6 is 0 Å². The maximum atomic E-state index is 12.4. The van der Waals surface area contributed by atoms with Gasteiger partial charge >= 0.3 is 0 Å². The summed E-state index contributed by atoms with van der Waals surface area (Å²) in [6, 6.07) is 7.25. The highest BCUT2D eigenvalue weighted by Gasteiger charge is 2.18. The molecule has 0 saturated carbocycles. The number of Topliss-reactive ketones (excluding diaryl/α,β-unsaturated/α-hetero) is 1. The number of benzene rings is 1. The van der Waals surface area contributed by atoms with Gasteiger partial charge in [0.2, 0.25) is 0 Å². The summed E-state index contributed by atoms with van der Waals surface area (Å²) in [7, 11) is 0. The van der Waals surface area contributed by atoms with E-state index < -0.39 is 0 Å². The van der Waals surface area contributed by atoms with Crippen LogP contribution in [0.2, 0.25) is 0 Å². The first kappa shape index (κ1) is 15.7. The molecule has 3 heteroatoms. The molecule has 0 spiro atoms. The number of hydrogen-bond acceptors (Lipinski definition) is 3. The maximum absolute atomic E-state index is 12.4. The molecule has 19 heavy (non-hydrogen) atoms. The van der Waals surface area contributed by atoms with E-state index in [1.54, 1.807) is 0 Å². The lowest BCUT2D eigenvalue weighted by molar-refractivity contribution is 0.0946. The average molecular weight is 263 g/mol. The van der Waals surface area contributed by atoms with Crippen LogP contribution in [0.1, 0.15) is 44.5 Å². The Balaban J connectivity index is 2.65. The first-order chi connectivity index (χ1) is 9.06. The fourth-order valence-electron chi connectivity index (χ4n) is 1.87. The van der Waals surface area contributed by atoms with Crippen molar-refractivity contribution in [3.05, 3.63) is 29.8 Å². The number of nitrogens with one attached hydrogen (secondary N) is 1. The van der Waals surface area contributed by atoms with Crippen LogP contribution in [0.5, 0.6) is 5.75 Å². The molecule has 0 radical (unpaired) electrons. The Labute approximate surface area is 116 Å². The second-order valence-corrected chi connectivity index (χ2v) is 5.15. The Morgan fingerprint density at radius 2 is 1.95 bits per heavy atom. The zero-order chi connectivity index (χ0) is 14.3. The Morgan fingerprint density at radius 3 is 2.58 bits per heavy atom. The largest absolute Gasteiger partial charge is 0.493 e. The molecule has 106 valence electrons. The highest BCUT2D eigenvalue weighted by Crippen LogP contribution is 2.19. The molecule has 1 rings (SSSR count). The summed E-state index contributed by atoms with van der Waals surface area (Å²) in [5, 5.41) is 3.28. The standard InChI is InChI=1S/C16H25NO2/c1-5-19-15-9-7-6-8-14(15)16(18)13(4)17-11-10-12(2)3/h6-9,12-13,17H,5,10-11H2,1-4H3. The molecule has 0 heterocycles. The van der Waals surface area contributed by atoms with Crippen molar-refractivity contribution >= 4 is 5.78 Å². The average Bonchev–Trinajstić information content (AvgIpc) is 2.38. The molecule has 1 aromatic rings. The third-order valence-electron chi connectivity index (χ3n) is 3.02. The minimum absolute atomic E-state index is 0.0906. The normalized spacial score (nSPS) is 12.5. The van der Waals surface area contributed by atoms with Crippen LogP contribution in [0.15, 0.2) is 24.3 Å². The van der Waals surface area contributed by atoms with Crippen LogP contribution in [0.4, 0.5) is 0 Å². The first-order valence-corrected chi connectivity index (χ1v) is 7.05. The van der Waals surface area contributed by atoms with Gasteiger partial charge in [0.1, 0.15) is 5.75 Å². The van der Waals surface area contributed by atoms with Gasteiger partial charge in [-0.1, -0.05) is 26.0 Å². The van der Waals surface area contributed by atoms with E-state index in [4.69, 9.17) is 4.74 Å². The number of rotatable bonds is 8. The number of para-hydroxylation sites is 1. The molecule has 1 N–H and O–H groups in total. The maximum Gasteiger partial charge on any atom is 0.183 e. The van der Waals surface area contributed by atoms with E-state index in [-0.39, 0.29) is 11.8 Å². The van der Waals surface area contributed by atoms with Crippen molar-refractivity contribution in [1.82, 2.24) is 5.32 Å². The molecule has 0 aliphatic carbocycles. The van der Waals surface area contributed by atoms with Gasteiger partial charge in [0, 0.05) is 0 Å². The van der Waals surface area contributed by atoms with E-state index >= 15 is 0 Å². The fraction of sp³-hybridized carbons (Fsp3) is 0.562. The zero-order valence-corrected chi connectivity index (χ0v) is 12.4. The topological polar surface area (TPSA) is 38.3 Å².